The molecule has 4 rings (SSSR count). The molecule has 0 unspecified atom stereocenters. The molecule has 0 saturated heterocycles. The quantitative estimate of drug-likeness (QED) is 0.710. The van der Waals surface area contributed by atoms with Crippen LogP contribution >= 0.6 is 11.3 Å². The van der Waals surface area contributed by atoms with E-state index in [-0.39, 0.29) is 17.9 Å². The van der Waals surface area contributed by atoms with E-state index in [1.807, 2.05) is 30.3 Å². The number of aromatic nitrogens is 2. The Morgan fingerprint density at radius 1 is 1.23 bits per heavy atom. The van der Waals surface area contributed by atoms with E-state index in [1.54, 1.807) is 34.2 Å². The molecule has 3 aromatic rings. The third kappa shape index (κ3) is 3.05. The third-order valence-electron chi connectivity index (χ3n) is 5.03. The van der Waals surface area contributed by atoms with Crippen LogP contribution in [0.3, 0.4) is 0 Å². The van der Waals surface area contributed by atoms with Crippen molar-refractivity contribution in [2.24, 2.45) is 0 Å². The van der Waals surface area contributed by atoms with Crippen LogP contribution in [-0.4, -0.2) is 22.5 Å². The standard InChI is InChI=1S/C20H21N3O2S/c1-22(14-7-3-2-4-8-14)17(24)11-12-23-13-21-19-18(20(23)25)15-9-5-6-10-16(15)26-19/h2-4,7-8,13H,5-6,9-12H2,1H3. The molecule has 1 amide bonds. The smallest absolute Gasteiger partial charge is 0.262 e. The first-order valence-electron chi connectivity index (χ1n) is 8.96. The number of nitrogens with zero attached hydrogens (tertiary/aromatic N) is 3. The number of thiophene rings is 1. The minimum Gasteiger partial charge on any atom is -0.315 e. The van der Waals surface area contributed by atoms with Crippen molar-refractivity contribution in [3.05, 3.63) is 57.5 Å². The zero-order chi connectivity index (χ0) is 18.1. The molecular weight excluding hydrogens is 346 g/mol. The van der Waals surface area contributed by atoms with Gasteiger partial charge in [-0.15, -0.1) is 11.3 Å². The highest BCUT2D eigenvalue weighted by atomic mass is 32.1. The number of carbonyl (C=O) groups is 1. The number of amides is 1. The monoisotopic (exact) mass is 367 g/mol. The van der Waals surface area contributed by atoms with E-state index in [0.29, 0.717) is 6.54 Å². The number of anilines is 1. The van der Waals surface area contributed by atoms with Gasteiger partial charge < -0.3 is 4.90 Å². The van der Waals surface area contributed by atoms with Gasteiger partial charge in [-0.25, -0.2) is 4.98 Å². The molecule has 1 aliphatic rings. The van der Waals surface area contributed by atoms with Gasteiger partial charge in [-0.1, -0.05) is 18.2 Å². The van der Waals surface area contributed by atoms with Crippen LogP contribution in [0.5, 0.6) is 0 Å². The summed E-state index contributed by atoms with van der Waals surface area (Å²) in [5.41, 5.74) is 2.03. The zero-order valence-electron chi connectivity index (χ0n) is 14.8. The molecule has 1 aliphatic carbocycles. The fourth-order valence-electron chi connectivity index (χ4n) is 3.52. The molecule has 6 heteroatoms. The number of fused-ring (bicyclic) bond motifs is 3. The van der Waals surface area contributed by atoms with Crippen LogP contribution in [0.25, 0.3) is 10.2 Å². The van der Waals surface area contributed by atoms with Gasteiger partial charge in [0.2, 0.25) is 5.91 Å². The van der Waals surface area contributed by atoms with Gasteiger partial charge in [0, 0.05) is 30.6 Å². The predicted molar refractivity (Wildman–Crippen MR) is 105 cm³/mol. The second kappa shape index (κ2) is 7.03. The molecule has 5 nitrogen and oxygen atoms in total. The normalized spacial score (nSPS) is 13.6. The second-order valence-electron chi connectivity index (χ2n) is 6.67. The van der Waals surface area contributed by atoms with E-state index < -0.39 is 0 Å². The molecule has 0 radical (unpaired) electrons. The second-order valence-corrected chi connectivity index (χ2v) is 7.76. The Kier molecular flexibility index (Phi) is 4.59. The van der Waals surface area contributed by atoms with Crippen LogP contribution in [0.1, 0.15) is 29.7 Å². The Labute approximate surface area is 155 Å². The van der Waals surface area contributed by atoms with Crippen molar-refractivity contribution in [1.82, 2.24) is 9.55 Å². The molecule has 0 bridgehead atoms. The summed E-state index contributed by atoms with van der Waals surface area (Å²) < 4.78 is 1.58. The molecule has 0 spiro atoms. The van der Waals surface area contributed by atoms with Crippen molar-refractivity contribution in [2.45, 2.75) is 38.6 Å². The van der Waals surface area contributed by atoms with Crippen molar-refractivity contribution >= 4 is 33.1 Å². The van der Waals surface area contributed by atoms with Gasteiger partial charge in [0.15, 0.2) is 0 Å². The van der Waals surface area contributed by atoms with Crippen LogP contribution in [0.15, 0.2) is 41.5 Å². The molecule has 0 atom stereocenters. The van der Waals surface area contributed by atoms with Crippen molar-refractivity contribution < 1.29 is 4.79 Å². The molecular formula is C20H21N3O2S. The summed E-state index contributed by atoms with van der Waals surface area (Å²) in [7, 11) is 1.76. The summed E-state index contributed by atoms with van der Waals surface area (Å²) in [6.07, 6.45) is 6.19. The van der Waals surface area contributed by atoms with Crippen LogP contribution in [0.4, 0.5) is 5.69 Å². The van der Waals surface area contributed by atoms with E-state index in [2.05, 4.69) is 4.98 Å². The first-order valence-corrected chi connectivity index (χ1v) is 9.78. The maximum absolute atomic E-state index is 12.9. The lowest BCUT2D eigenvalue weighted by Gasteiger charge is -2.17. The van der Waals surface area contributed by atoms with E-state index in [9.17, 15) is 9.59 Å². The number of benzene rings is 1. The number of rotatable bonds is 4. The SMILES string of the molecule is CN(C(=O)CCn1cnc2sc3c(c2c1=O)CCCC3)c1ccccc1. The minimum absolute atomic E-state index is 0.00966. The fraction of sp³-hybridized carbons (Fsp3) is 0.350. The lowest BCUT2D eigenvalue weighted by molar-refractivity contribution is -0.118. The summed E-state index contributed by atoms with van der Waals surface area (Å²) in [5, 5.41) is 0.774. The Bertz CT molecular complexity index is 1010. The number of hydrogen-bond donors (Lipinski definition) is 0. The van der Waals surface area contributed by atoms with E-state index in [0.717, 1.165) is 35.2 Å². The fourth-order valence-corrected chi connectivity index (χ4v) is 4.74. The van der Waals surface area contributed by atoms with Crippen LogP contribution in [-0.2, 0) is 24.2 Å². The van der Waals surface area contributed by atoms with E-state index in [4.69, 9.17) is 0 Å². The van der Waals surface area contributed by atoms with Crippen molar-refractivity contribution in [3.63, 3.8) is 0 Å². The van der Waals surface area contributed by atoms with Crippen LogP contribution in [0, 0.1) is 0 Å². The van der Waals surface area contributed by atoms with Gasteiger partial charge in [-0.2, -0.15) is 0 Å². The topological polar surface area (TPSA) is 55.2 Å². The summed E-state index contributed by atoms with van der Waals surface area (Å²) in [6, 6.07) is 9.52. The largest absolute Gasteiger partial charge is 0.315 e. The lowest BCUT2D eigenvalue weighted by atomic mass is 9.97. The van der Waals surface area contributed by atoms with Gasteiger partial charge in [-0.05, 0) is 43.4 Å². The molecule has 0 N–H and O–H groups in total. The number of hydrogen-bond acceptors (Lipinski definition) is 4. The Balaban J connectivity index is 1.55. The Morgan fingerprint density at radius 3 is 2.81 bits per heavy atom. The van der Waals surface area contributed by atoms with Gasteiger partial charge in [0.05, 0.1) is 11.7 Å². The van der Waals surface area contributed by atoms with Crippen molar-refractivity contribution in [3.8, 4) is 0 Å². The summed E-state index contributed by atoms with van der Waals surface area (Å²) in [4.78, 5) is 33.7. The van der Waals surface area contributed by atoms with Gasteiger partial charge in [0.25, 0.3) is 5.56 Å². The van der Waals surface area contributed by atoms with Crippen molar-refractivity contribution in [1.29, 1.82) is 0 Å². The summed E-state index contributed by atoms with van der Waals surface area (Å²) in [6.45, 7) is 0.350. The molecule has 0 saturated carbocycles. The number of para-hydroxylation sites is 1. The van der Waals surface area contributed by atoms with Crippen LogP contribution in [0.2, 0.25) is 0 Å². The molecule has 26 heavy (non-hydrogen) atoms. The molecule has 0 aliphatic heterocycles. The lowest BCUT2D eigenvalue weighted by Crippen LogP contribution is -2.29. The van der Waals surface area contributed by atoms with E-state index in [1.165, 1.54) is 16.9 Å². The highest BCUT2D eigenvalue weighted by Crippen LogP contribution is 2.33. The maximum Gasteiger partial charge on any atom is 0.262 e. The van der Waals surface area contributed by atoms with Gasteiger partial charge in [0.1, 0.15) is 4.83 Å². The third-order valence-corrected chi connectivity index (χ3v) is 6.23. The molecule has 134 valence electrons. The Hall–Kier alpha value is -2.47. The minimum atomic E-state index is -0.0180. The van der Waals surface area contributed by atoms with E-state index >= 15 is 0 Å². The Morgan fingerprint density at radius 2 is 2.00 bits per heavy atom. The predicted octanol–water partition coefficient (Wildman–Crippen LogP) is 3.39. The number of aryl methyl sites for hydroxylation is 3. The van der Waals surface area contributed by atoms with Gasteiger partial charge in [-0.3, -0.25) is 14.2 Å². The maximum atomic E-state index is 12.9. The highest BCUT2D eigenvalue weighted by molar-refractivity contribution is 7.18. The average molecular weight is 367 g/mol. The first kappa shape index (κ1) is 17.0. The first-order chi connectivity index (χ1) is 12.6. The molecule has 0 fully saturated rings. The van der Waals surface area contributed by atoms with Crippen LogP contribution < -0.4 is 10.5 Å². The van der Waals surface area contributed by atoms with Gasteiger partial charge >= 0.3 is 0 Å². The number of carbonyl (C=O) groups excluding carboxylic acids is 1. The average Bonchev–Trinajstić information content (AvgIpc) is 3.06. The molecule has 1 aromatic carbocycles. The molecule has 2 heterocycles. The zero-order valence-corrected chi connectivity index (χ0v) is 15.6. The van der Waals surface area contributed by atoms with Crippen molar-refractivity contribution in [2.75, 3.05) is 11.9 Å². The summed E-state index contributed by atoms with van der Waals surface area (Å²) in [5.74, 6) is -0.0180. The summed E-state index contributed by atoms with van der Waals surface area (Å²) >= 11 is 1.65. The molecule has 2 aromatic heterocycles. The highest BCUT2D eigenvalue weighted by Gasteiger charge is 2.20.